The molecule has 0 aliphatic carbocycles. The number of hydrogen-bond acceptors (Lipinski definition) is 3. The molecule has 104 valence electrons. The van der Waals surface area contributed by atoms with Crippen LogP contribution in [0.3, 0.4) is 0 Å². The Bertz CT molecular complexity index is 312. The predicted molar refractivity (Wildman–Crippen MR) is 70.4 cm³/mol. The summed E-state index contributed by atoms with van der Waals surface area (Å²) in [5, 5.41) is 10.2. The van der Waals surface area contributed by atoms with Crippen LogP contribution in [-0.2, 0) is 4.74 Å². The van der Waals surface area contributed by atoms with E-state index in [-0.39, 0.29) is 12.1 Å². The summed E-state index contributed by atoms with van der Waals surface area (Å²) in [4.78, 5) is 13.3. The van der Waals surface area contributed by atoms with Crippen LogP contribution in [0, 0.1) is 11.3 Å². The maximum atomic E-state index is 11.5. The number of ether oxygens (including phenoxy) is 1. The molecule has 0 aromatic rings. The maximum Gasteiger partial charge on any atom is 0.407 e. The molecule has 1 atom stereocenters. The van der Waals surface area contributed by atoms with Gasteiger partial charge in [-0.15, -0.1) is 0 Å². The SMILES string of the molecule is CC(C)(C)OC(=O)NC[C@@H]1CCCN(C(=N)N)C1. The van der Waals surface area contributed by atoms with Crippen molar-refractivity contribution >= 4 is 12.1 Å². The van der Waals surface area contributed by atoms with E-state index in [1.165, 1.54) is 0 Å². The molecule has 1 heterocycles. The van der Waals surface area contributed by atoms with E-state index in [9.17, 15) is 4.79 Å². The summed E-state index contributed by atoms with van der Waals surface area (Å²) in [5.41, 5.74) is 5.00. The van der Waals surface area contributed by atoms with Crippen LogP contribution in [0.15, 0.2) is 0 Å². The van der Waals surface area contributed by atoms with Crippen LogP contribution in [0.25, 0.3) is 0 Å². The molecule has 4 N–H and O–H groups in total. The zero-order chi connectivity index (χ0) is 13.8. The number of nitrogens with one attached hydrogen (secondary N) is 2. The number of piperidine rings is 1. The van der Waals surface area contributed by atoms with Crippen molar-refractivity contribution in [2.45, 2.75) is 39.2 Å². The number of likely N-dealkylation sites (tertiary alicyclic amines) is 1. The summed E-state index contributed by atoms with van der Waals surface area (Å²) >= 11 is 0. The highest BCUT2D eigenvalue weighted by Gasteiger charge is 2.22. The fourth-order valence-electron chi connectivity index (χ4n) is 1.99. The standard InChI is InChI=1S/C12H24N4O2/c1-12(2,3)18-11(17)15-7-9-5-4-6-16(8-9)10(13)14/h9H,4-8H2,1-3H3,(H3,13,14)(H,15,17)/t9-/m0/s1. The van der Waals surface area contributed by atoms with Crippen molar-refractivity contribution in [3.8, 4) is 0 Å². The number of hydrogen-bond donors (Lipinski definition) is 3. The van der Waals surface area contributed by atoms with E-state index in [1.54, 1.807) is 0 Å². The summed E-state index contributed by atoms with van der Waals surface area (Å²) < 4.78 is 5.17. The Morgan fingerprint density at radius 1 is 1.56 bits per heavy atom. The van der Waals surface area contributed by atoms with Crippen LogP contribution in [0.2, 0.25) is 0 Å². The molecule has 1 aliphatic rings. The molecule has 0 radical (unpaired) electrons. The monoisotopic (exact) mass is 256 g/mol. The Morgan fingerprint density at radius 2 is 2.22 bits per heavy atom. The van der Waals surface area contributed by atoms with Gasteiger partial charge in [-0.3, -0.25) is 5.41 Å². The first-order chi connectivity index (χ1) is 8.28. The molecule has 6 nitrogen and oxygen atoms in total. The quantitative estimate of drug-likeness (QED) is 0.510. The highest BCUT2D eigenvalue weighted by Crippen LogP contribution is 2.15. The normalized spacial score (nSPS) is 20.4. The predicted octanol–water partition coefficient (Wildman–Crippen LogP) is 1.12. The molecule has 0 saturated carbocycles. The molecule has 6 heteroatoms. The van der Waals surface area contributed by atoms with Crippen molar-refractivity contribution in [3.05, 3.63) is 0 Å². The topological polar surface area (TPSA) is 91.4 Å². The van der Waals surface area contributed by atoms with E-state index in [0.717, 1.165) is 25.9 Å². The average Bonchev–Trinajstić information content (AvgIpc) is 2.24. The van der Waals surface area contributed by atoms with E-state index in [0.29, 0.717) is 12.5 Å². The van der Waals surface area contributed by atoms with Gasteiger partial charge in [-0.1, -0.05) is 0 Å². The lowest BCUT2D eigenvalue weighted by molar-refractivity contribution is 0.0513. The van der Waals surface area contributed by atoms with Gasteiger partial charge >= 0.3 is 6.09 Å². The van der Waals surface area contributed by atoms with Crippen molar-refractivity contribution in [2.24, 2.45) is 11.7 Å². The van der Waals surface area contributed by atoms with Crippen LogP contribution >= 0.6 is 0 Å². The minimum Gasteiger partial charge on any atom is -0.444 e. The lowest BCUT2D eigenvalue weighted by atomic mass is 9.98. The summed E-state index contributed by atoms with van der Waals surface area (Å²) in [6, 6.07) is 0. The molecule has 18 heavy (non-hydrogen) atoms. The fourth-order valence-corrected chi connectivity index (χ4v) is 1.99. The van der Waals surface area contributed by atoms with E-state index in [2.05, 4.69) is 5.32 Å². The largest absolute Gasteiger partial charge is 0.444 e. The van der Waals surface area contributed by atoms with Gasteiger partial charge in [0, 0.05) is 19.6 Å². The number of alkyl carbamates (subject to hydrolysis) is 1. The minimum absolute atomic E-state index is 0.108. The second-order valence-electron chi connectivity index (χ2n) is 5.72. The smallest absolute Gasteiger partial charge is 0.407 e. The first kappa shape index (κ1) is 14.6. The highest BCUT2D eigenvalue weighted by atomic mass is 16.6. The zero-order valence-electron chi connectivity index (χ0n) is 11.5. The summed E-state index contributed by atoms with van der Waals surface area (Å²) in [7, 11) is 0. The maximum absolute atomic E-state index is 11.5. The Kier molecular flexibility index (Phi) is 4.81. The fraction of sp³-hybridized carbons (Fsp3) is 0.833. The van der Waals surface area contributed by atoms with Gasteiger partial charge in [-0.25, -0.2) is 4.79 Å². The third kappa shape index (κ3) is 5.25. The highest BCUT2D eigenvalue weighted by molar-refractivity contribution is 5.74. The van der Waals surface area contributed by atoms with Gasteiger partial charge in [0.1, 0.15) is 5.60 Å². The number of carbonyl (C=O) groups excluding carboxylic acids is 1. The lowest BCUT2D eigenvalue weighted by Gasteiger charge is -2.33. The van der Waals surface area contributed by atoms with Gasteiger partial charge in [0.15, 0.2) is 5.96 Å². The van der Waals surface area contributed by atoms with E-state index in [4.69, 9.17) is 15.9 Å². The first-order valence-electron chi connectivity index (χ1n) is 6.34. The third-order valence-electron chi connectivity index (χ3n) is 2.79. The van der Waals surface area contributed by atoms with Crippen LogP contribution in [0.1, 0.15) is 33.6 Å². The van der Waals surface area contributed by atoms with Crippen LogP contribution in [0.5, 0.6) is 0 Å². The van der Waals surface area contributed by atoms with E-state index >= 15 is 0 Å². The summed E-state index contributed by atoms with van der Waals surface area (Å²) in [5.74, 6) is 0.437. The Morgan fingerprint density at radius 3 is 2.78 bits per heavy atom. The lowest BCUT2D eigenvalue weighted by Crippen LogP contribution is -2.46. The van der Waals surface area contributed by atoms with Crippen LogP contribution in [0.4, 0.5) is 4.79 Å². The van der Waals surface area contributed by atoms with Crippen molar-refractivity contribution in [1.29, 1.82) is 5.41 Å². The second kappa shape index (κ2) is 5.93. The molecule has 0 aromatic heterocycles. The molecule has 0 spiro atoms. The number of guanidine groups is 1. The van der Waals surface area contributed by atoms with E-state index in [1.807, 2.05) is 25.7 Å². The molecular weight excluding hydrogens is 232 g/mol. The second-order valence-corrected chi connectivity index (χ2v) is 5.72. The molecular formula is C12H24N4O2. The first-order valence-corrected chi connectivity index (χ1v) is 6.34. The molecule has 1 fully saturated rings. The van der Waals surface area contributed by atoms with Gasteiger partial charge in [0.05, 0.1) is 0 Å². The van der Waals surface area contributed by atoms with Crippen LogP contribution < -0.4 is 11.1 Å². The minimum atomic E-state index is -0.470. The van der Waals surface area contributed by atoms with Crippen molar-refractivity contribution in [2.75, 3.05) is 19.6 Å². The number of nitrogens with zero attached hydrogens (tertiary/aromatic N) is 1. The number of nitrogens with two attached hydrogens (primary N) is 1. The molecule has 0 bridgehead atoms. The molecule has 1 rings (SSSR count). The molecule has 0 aromatic carbocycles. The Balaban J connectivity index is 2.31. The Labute approximate surface area is 108 Å². The molecule has 1 amide bonds. The zero-order valence-corrected chi connectivity index (χ0v) is 11.5. The number of rotatable bonds is 2. The van der Waals surface area contributed by atoms with Crippen molar-refractivity contribution in [3.63, 3.8) is 0 Å². The van der Waals surface area contributed by atoms with Crippen LogP contribution in [-0.4, -0.2) is 42.2 Å². The average molecular weight is 256 g/mol. The van der Waals surface area contributed by atoms with Gasteiger partial charge in [0.25, 0.3) is 0 Å². The molecule has 1 aliphatic heterocycles. The van der Waals surface area contributed by atoms with Crippen molar-refractivity contribution < 1.29 is 9.53 Å². The van der Waals surface area contributed by atoms with Gasteiger partial charge in [0.2, 0.25) is 0 Å². The van der Waals surface area contributed by atoms with Gasteiger partial charge in [-0.2, -0.15) is 0 Å². The molecule has 0 unspecified atom stereocenters. The number of amides is 1. The Hall–Kier alpha value is -1.46. The number of carbonyl (C=O) groups is 1. The summed E-state index contributed by atoms with van der Waals surface area (Å²) in [6.07, 6.45) is 1.65. The molecule has 1 saturated heterocycles. The van der Waals surface area contributed by atoms with Crippen molar-refractivity contribution in [1.82, 2.24) is 10.2 Å². The van der Waals surface area contributed by atoms with E-state index < -0.39 is 5.60 Å². The third-order valence-corrected chi connectivity index (χ3v) is 2.79. The summed E-state index contributed by atoms with van der Waals surface area (Å²) in [6.45, 7) is 7.64. The van der Waals surface area contributed by atoms with Gasteiger partial charge in [-0.05, 0) is 39.5 Å². The van der Waals surface area contributed by atoms with Gasteiger partial charge < -0.3 is 20.7 Å².